The molecule has 112 valence electrons. The number of nitrogens with one attached hydrogen (secondary N) is 1. The van der Waals surface area contributed by atoms with Gasteiger partial charge in [0.05, 0.1) is 0 Å². The Morgan fingerprint density at radius 2 is 1.80 bits per heavy atom. The second-order valence-corrected chi connectivity index (χ2v) is 7.10. The molecule has 0 saturated carbocycles. The molecule has 0 amide bonds. The summed E-state index contributed by atoms with van der Waals surface area (Å²) in [6.45, 7) is 11.8. The van der Waals surface area contributed by atoms with Crippen LogP contribution in [0.4, 0.5) is 5.69 Å². The van der Waals surface area contributed by atoms with E-state index in [0.29, 0.717) is 0 Å². The fourth-order valence-electron chi connectivity index (χ4n) is 2.39. The van der Waals surface area contributed by atoms with Crippen molar-refractivity contribution in [2.45, 2.75) is 32.9 Å². The number of halogens is 1. The van der Waals surface area contributed by atoms with Gasteiger partial charge in [-0.05, 0) is 45.5 Å². The average molecular weight is 296 g/mol. The molecule has 3 nitrogen and oxygen atoms in total. The van der Waals surface area contributed by atoms with Crippen molar-refractivity contribution >= 4 is 17.3 Å². The van der Waals surface area contributed by atoms with Crippen molar-refractivity contribution in [1.29, 1.82) is 0 Å². The van der Waals surface area contributed by atoms with Crippen molar-refractivity contribution in [1.82, 2.24) is 10.2 Å². The van der Waals surface area contributed by atoms with Gasteiger partial charge in [0.1, 0.15) is 0 Å². The molecule has 0 unspecified atom stereocenters. The molecule has 0 atom stereocenters. The largest absolute Gasteiger partial charge is 0.369 e. The molecule has 1 heterocycles. The van der Waals surface area contributed by atoms with Gasteiger partial charge in [-0.25, -0.2) is 0 Å². The number of hydrogen-bond donors (Lipinski definition) is 1. The van der Waals surface area contributed by atoms with Crippen LogP contribution in [0.25, 0.3) is 0 Å². The number of anilines is 1. The number of rotatable bonds is 3. The lowest BCUT2D eigenvalue weighted by Crippen LogP contribution is -2.45. The zero-order valence-electron chi connectivity index (χ0n) is 13.0. The molecule has 1 aromatic rings. The van der Waals surface area contributed by atoms with E-state index in [1.807, 2.05) is 6.07 Å². The summed E-state index contributed by atoms with van der Waals surface area (Å²) in [7, 11) is 2.18. The first kappa shape index (κ1) is 15.6. The molecule has 1 N–H and O–H groups in total. The highest BCUT2D eigenvalue weighted by atomic mass is 35.5. The number of benzene rings is 1. The number of hydrogen-bond acceptors (Lipinski definition) is 3. The van der Waals surface area contributed by atoms with Gasteiger partial charge in [-0.2, -0.15) is 0 Å². The highest BCUT2D eigenvalue weighted by Gasteiger charge is 2.18. The SMILES string of the molecule is CN1CCN(c2cc(Cl)ccc2CNC(C)(C)C)CC1. The monoisotopic (exact) mass is 295 g/mol. The van der Waals surface area contributed by atoms with Crippen LogP contribution >= 0.6 is 11.6 Å². The Labute approximate surface area is 127 Å². The molecule has 1 aliphatic heterocycles. The summed E-state index contributed by atoms with van der Waals surface area (Å²) in [5.74, 6) is 0. The molecule has 1 fully saturated rings. The minimum atomic E-state index is 0.124. The first-order chi connectivity index (χ1) is 9.35. The van der Waals surface area contributed by atoms with Crippen LogP contribution < -0.4 is 10.2 Å². The van der Waals surface area contributed by atoms with Gasteiger partial charge in [-0.1, -0.05) is 17.7 Å². The fraction of sp³-hybridized carbons (Fsp3) is 0.625. The maximum atomic E-state index is 6.20. The van der Waals surface area contributed by atoms with Crippen LogP contribution in [0.3, 0.4) is 0 Å². The van der Waals surface area contributed by atoms with Gasteiger partial charge in [0.25, 0.3) is 0 Å². The summed E-state index contributed by atoms with van der Waals surface area (Å²) in [6.07, 6.45) is 0. The summed E-state index contributed by atoms with van der Waals surface area (Å²) in [4.78, 5) is 4.82. The first-order valence-electron chi connectivity index (χ1n) is 7.32. The third-order valence-electron chi connectivity index (χ3n) is 3.70. The lowest BCUT2D eigenvalue weighted by atomic mass is 10.1. The molecule has 0 bridgehead atoms. The Balaban J connectivity index is 2.15. The molecule has 0 spiro atoms. The van der Waals surface area contributed by atoms with E-state index < -0.39 is 0 Å². The van der Waals surface area contributed by atoms with Gasteiger partial charge < -0.3 is 15.1 Å². The third kappa shape index (κ3) is 4.37. The van der Waals surface area contributed by atoms with Crippen molar-refractivity contribution in [3.8, 4) is 0 Å². The number of piperazine rings is 1. The van der Waals surface area contributed by atoms with Crippen LogP contribution in [0.2, 0.25) is 5.02 Å². The molecule has 1 aromatic carbocycles. The Morgan fingerprint density at radius 1 is 1.15 bits per heavy atom. The van der Waals surface area contributed by atoms with Gasteiger partial charge in [-0.3, -0.25) is 0 Å². The standard InChI is InChI=1S/C16H26ClN3/c1-16(2,3)18-12-13-5-6-14(17)11-15(13)20-9-7-19(4)8-10-20/h5-6,11,18H,7-10,12H2,1-4H3. The number of nitrogens with zero attached hydrogens (tertiary/aromatic N) is 2. The van der Waals surface area contributed by atoms with E-state index >= 15 is 0 Å². The summed E-state index contributed by atoms with van der Waals surface area (Å²) in [5.41, 5.74) is 2.73. The minimum absolute atomic E-state index is 0.124. The van der Waals surface area contributed by atoms with Crippen molar-refractivity contribution in [2.75, 3.05) is 38.1 Å². The topological polar surface area (TPSA) is 18.5 Å². The minimum Gasteiger partial charge on any atom is -0.369 e. The zero-order chi connectivity index (χ0) is 14.8. The average Bonchev–Trinajstić information content (AvgIpc) is 2.37. The predicted octanol–water partition coefficient (Wildman–Crippen LogP) is 2.98. The van der Waals surface area contributed by atoms with E-state index in [1.165, 1.54) is 11.3 Å². The molecular formula is C16H26ClN3. The summed E-state index contributed by atoms with van der Waals surface area (Å²) in [6, 6.07) is 6.24. The molecule has 2 rings (SSSR count). The Hall–Kier alpha value is -0.770. The molecule has 0 radical (unpaired) electrons. The van der Waals surface area contributed by atoms with E-state index in [4.69, 9.17) is 11.6 Å². The zero-order valence-corrected chi connectivity index (χ0v) is 13.8. The van der Waals surface area contributed by atoms with Crippen molar-refractivity contribution < 1.29 is 0 Å². The van der Waals surface area contributed by atoms with Crippen LogP contribution in [0.5, 0.6) is 0 Å². The lowest BCUT2D eigenvalue weighted by Gasteiger charge is -2.35. The van der Waals surface area contributed by atoms with Gasteiger partial charge >= 0.3 is 0 Å². The quantitative estimate of drug-likeness (QED) is 0.925. The fourth-order valence-corrected chi connectivity index (χ4v) is 2.55. The van der Waals surface area contributed by atoms with E-state index in [2.05, 4.69) is 55.1 Å². The lowest BCUT2D eigenvalue weighted by molar-refractivity contribution is 0.312. The van der Waals surface area contributed by atoms with Crippen LogP contribution in [0.1, 0.15) is 26.3 Å². The Morgan fingerprint density at radius 3 is 2.40 bits per heavy atom. The predicted molar refractivity (Wildman–Crippen MR) is 87.8 cm³/mol. The van der Waals surface area contributed by atoms with Gasteiger partial charge in [0.2, 0.25) is 0 Å². The molecule has 4 heteroatoms. The van der Waals surface area contributed by atoms with Crippen LogP contribution in [-0.4, -0.2) is 43.7 Å². The van der Waals surface area contributed by atoms with E-state index in [0.717, 1.165) is 37.7 Å². The molecule has 20 heavy (non-hydrogen) atoms. The van der Waals surface area contributed by atoms with Crippen molar-refractivity contribution in [3.05, 3.63) is 28.8 Å². The first-order valence-corrected chi connectivity index (χ1v) is 7.70. The molecule has 1 aliphatic rings. The highest BCUT2D eigenvalue weighted by Crippen LogP contribution is 2.26. The van der Waals surface area contributed by atoms with E-state index in [1.54, 1.807) is 0 Å². The molecule has 0 aromatic heterocycles. The Bertz CT molecular complexity index is 446. The van der Waals surface area contributed by atoms with Crippen molar-refractivity contribution in [2.24, 2.45) is 0 Å². The van der Waals surface area contributed by atoms with Crippen LogP contribution in [-0.2, 0) is 6.54 Å². The summed E-state index contributed by atoms with van der Waals surface area (Å²) in [5, 5.41) is 4.38. The molecular weight excluding hydrogens is 270 g/mol. The van der Waals surface area contributed by atoms with Crippen LogP contribution in [0.15, 0.2) is 18.2 Å². The Kier molecular flexibility index (Phi) is 4.95. The maximum absolute atomic E-state index is 6.20. The maximum Gasteiger partial charge on any atom is 0.0427 e. The smallest absolute Gasteiger partial charge is 0.0427 e. The van der Waals surface area contributed by atoms with Crippen molar-refractivity contribution in [3.63, 3.8) is 0 Å². The summed E-state index contributed by atoms with van der Waals surface area (Å²) < 4.78 is 0. The number of likely N-dealkylation sites (N-methyl/N-ethyl adjacent to an activating group) is 1. The third-order valence-corrected chi connectivity index (χ3v) is 3.94. The normalized spacial score (nSPS) is 17.6. The van der Waals surface area contributed by atoms with E-state index in [-0.39, 0.29) is 5.54 Å². The van der Waals surface area contributed by atoms with Gasteiger partial charge in [0.15, 0.2) is 0 Å². The molecule has 1 saturated heterocycles. The molecule has 0 aliphatic carbocycles. The van der Waals surface area contributed by atoms with Gasteiger partial charge in [0, 0.05) is 49.0 Å². The van der Waals surface area contributed by atoms with Gasteiger partial charge in [-0.15, -0.1) is 0 Å². The van der Waals surface area contributed by atoms with Crippen LogP contribution in [0, 0.1) is 0 Å². The second kappa shape index (κ2) is 6.33. The highest BCUT2D eigenvalue weighted by molar-refractivity contribution is 6.30. The van der Waals surface area contributed by atoms with E-state index in [9.17, 15) is 0 Å². The summed E-state index contributed by atoms with van der Waals surface area (Å²) >= 11 is 6.20. The second-order valence-electron chi connectivity index (χ2n) is 6.67.